The molecule has 2 aromatic carbocycles. The molecule has 24 heavy (non-hydrogen) atoms. The van der Waals surface area contributed by atoms with Gasteiger partial charge in [0.15, 0.2) is 0 Å². The van der Waals surface area contributed by atoms with E-state index in [4.69, 9.17) is 10.00 Å². The van der Waals surface area contributed by atoms with Crippen molar-refractivity contribution >= 4 is 11.7 Å². The molecule has 0 aliphatic heterocycles. The summed E-state index contributed by atoms with van der Waals surface area (Å²) < 4.78 is 24.0. The van der Waals surface area contributed by atoms with Gasteiger partial charge >= 0.3 is 5.97 Å². The quantitative estimate of drug-likeness (QED) is 0.651. The average molecular weight is 328 g/mol. The van der Waals surface area contributed by atoms with Crippen molar-refractivity contribution in [2.24, 2.45) is 0 Å². The van der Waals surface area contributed by atoms with Crippen molar-refractivity contribution in [3.63, 3.8) is 0 Å². The number of nitriles is 1. The standard InChI is InChI=1S/C18H17FN2O3/c1-12-16(19)9-14(18(22)23-2)10-17(12)21-7-8-24-15-5-3-13(11-20)4-6-15/h3-6,9-10,21H,7-8H2,1-2H3. The SMILES string of the molecule is COC(=O)c1cc(F)c(C)c(NCCOc2ccc(C#N)cc2)c1. The van der Waals surface area contributed by atoms with Crippen LogP contribution in [0.2, 0.25) is 0 Å². The van der Waals surface area contributed by atoms with Gasteiger partial charge < -0.3 is 14.8 Å². The van der Waals surface area contributed by atoms with Crippen LogP contribution in [0.5, 0.6) is 5.75 Å². The summed E-state index contributed by atoms with van der Waals surface area (Å²) in [5.74, 6) is -0.429. The molecular weight excluding hydrogens is 311 g/mol. The summed E-state index contributed by atoms with van der Waals surface area (Å²) in [6.07, 6.45) is 0. The highest BCUT2D eigenvalue weighted by Crippen LogP contribution is 2.21. The number of nitrogens with one attached hydrogen (secondary N) is 1. The topological polar surface area (TPSA) is 71.3 Å². The molecule has 0 atom stereocenters. The van der Waals surface area contributed by atoms with Crippen LogP contribution in [0.4, 0.5) is 10.1 Å². The Hall–Kier alpha value is -3.07. The molecule has 2 rings (SSSR count). The number of nitrogens with zero attached hydrogens (tertiary/aromatic N) is 1. The maximum Gasteiger partial charge on any atom is 0.338 e. The Bertz CT molecular complexity index is 767. The largest absolute Gasteiger partial charge is 0.492 e. The number of benzene rings is 2. The van der Waals surface area contributed by atoms with E-state index in [1.807, 2.05) is 6.07 Å². The van der Waals surface area contributed by atoms with E-state index in [9.17, 15) is 9.18 Å². The molecular formula is C18H17FN2O3. The van der Waals surface area contributed by atoms with Gasteiger partial charge in [0, 0.05) is 17.8 Å². The summed E-state index contributed by atoms with van der Waals surface area (Å²) in [4.78, 5) is 11.5. The van der Waals surface area contributed by atoms with E-state index in [1.54, 1.807) is 37.3 Å². The average Bonchev–Trinajstić information content (AvgIpc) is 2.61. The van der Waals surface area contributed by atoms with E-state index in [0.29, 0.717) is 35.7 Å². The highest BCUT2D eigenvalue weighted by Gasteiger charge is 2.12. The lowest BCUT2D eigenvalue weighted by Crippen LogP contribution is -2.13. The van der Waals surface area contributed by atoms with E-state index in [0.717, 1.165) is 6.07 Å². The molecule has 0 aliphatic carbocycles. The molecule has 0 radical (unpaired) electrons. The Kier molecular flexibility index (Phi) is 5.74. The zero-order chi connectivity index (χ0) is 17.5. The van der Waals surface area contributed by atoms with Crippen LogP contribution in [-0.4, -0.2) is 26.2 Å². The van der Waals surface area contributed by atoms with Gasteiger partial charge in [0.05, 0.1) is 24.3 Å². The van der Waals surface area contributed by atoms with Gasteiger partial charge in [0.1, 0.15) is 18.2 Å². The van der Waals surface area contributed by atoms with Crippen molar-refractivity contribution in [3.05, 3.63) is 58.9 Å². The molecule has 0 bridgehead atoms. The number of carbonyl (C=O) groups excluding carboxylic acids is 1. The smallest absolute Gasteiger partial charge is 0.338 e. The zero-order valence-corrected chi connectivity index (χ0v) is 13.4. The Labute approximate surface area is 139 Å². The summed E-state index contributed by atoms with van der Waals surface area (Å²) >= 11 is 0. The minimum atomic E-state index is -0.592. The molecule has 5 nitrogen and oxygen atoms in total. The third-order valence-corrected chi connectivity index (χ3v) is 3.44. The van der Waals surface area contributed by atoms with Crippen LogP contribution in [-0.2, 0) is 4.74 Å². The Balaban J connectivity index is 1.95. The van der Waals surface area contributed by atoms with Crippen LogP contribution in [0, 0.1) is 24.1 Å². The van der Waals surface area contributed by atoms with Gasteiger partial charge in [-0.15, -0.1) is 0 Å². The molecule has 0 saturated heterocycles. The number of ether oxygens (including phenoxy) is 2. The maximum absolute atomic E-state index is 13.9. The van der Waals surface area contributed by atoms with Crippen LogP contribution in [0.25, 0.3) is 0 Å². The van der Waals surface area contributed by atoms with E-state index >= 15 is 0 Å². The molecule has 1 N–H and O–H groups in total. The molecule has 6 heteroatoms. The van der Waals surface area contributed by atoms with Crippen molar-refractivity contribution in [3.8, 4) is 11.8 Å². The number of hydrogen-bond acceptors (Lipinski definition) is 5. The van der Waals surface area contributed by atoms with E-state index in [1.165, 1.54) is 7.11 Å². The van der Waals surface area contributed by atoms with Crippen molar-refractivity contribution in [1.82, 2.24) is 0 Å². The zero-order valence-electron chi connectivity index (χ0n) is 13.4. The lowest BCUT2D eigenvalue weighted by Gasteiger charge is -2.13. The molecule has 0 heterocycles. The van der Waals surface area contributed by atoms with E-state index in [-0.39, 0.29) is 5.56 Å². The van der Waals surface area contributed by atoms with Gasteiger partial charge in [0.25, 0.3) is 0 Å². The van der Waals surface area contributed by atoms with Crippen molar-refractivity contribution in [1.29, 1.82) is 5.26 Å². The summed E-state index contributed by atoms with van der Waals surface area (Å²) in [6.45, 7) is 2.39. The summed E-state index contributed by atoms with van der Waals surface area (Å²) in [7, 11) is 1.25. The first kappa shape index (κ1) is 17.3. The fraction of sp³-hybridized carbons (Fsp3) is 0.222. The van der Waals surface area contributed by atoms with E-state index < -0.39 is 11.8 Å². The third-order valence-electron chi connectivity index (χ3n) is 3.44. The summed E-state index contributed by atoms with van der Waals surface area (Å²) in [5, 5.41) is 11.8. The Morgan fingerprint density at radius 3 is 2.62 bits per heavy atom. The van der Waals surface area contributed by atoms with Gasteiger partial charge in [-0.3, -0.25) is 0 Å². The molecule has 2 aromatic rings. The molecule has 0 aliphatic rings. The minimum absolute atomic E-state index is 0.149. The lowest BCUT2D eigenvalue weighted by molar-refractivity contribution is 0.0600. The van der Waals surface area contributed by atoms with Crippen molar-refractivity contribution in [2.45, 2.75) is 6.92 Å². The first-order valence-corrected chi connectivity index (χ1v) is 7.30. The van der Waals surface area contributed by atoms with Gasteiger partial charge in [0.2, 0.25) is 0 Å². The molecule has 0 spiro atoms. The van der Waals surface area contributed by atoms with Crippen LogP contribution in [0.3, 0.4) is 0 Å². The summed E-state index contributed by atoms with van der Waals surface area (Å²) in [6, 6.07) is 11.5. The molecule has 0 aromatic heterocycles. The second kappa shape index (κ2) is 7.97. The predicted octanol–water partition coefficient (Wildman–Crippen LogP) is 3.28. The maximum atomic E-state index is 13.9. The molecule has 0 saturated carbocycles. The van der Waals surface area contributed by atoms with Crippen molar-refractivity contribution in [2.75, 3.05) is 25.6 Å². The molecule has 124 valence electrons. The van der Waals surface area contributed by atoms with Gasteiger partial charge in [-0.05, 0) is 43.3 Å². The highest BCUT2D eigenvalue weighted by atomic mass is 19.1. The normalized spacial score (nSPS) is 9.92. The number of rotatable bonds is 6. The van der Waals surface area contributed by atoms with Gasteiger partial charge in [-0.25, -0.2) is 9.18 Å². The third kappa shape index (κ3) is 4.23. The Morgan fingerprint density at radius 1 is 1.29 bits per heavy atom. The van der Waals surface area contributed by atoms with Crippen LogP contribution >= 0.6 is 0 Å². The number of anilines is 1. The van der Waals surface area contributed by atoms with Crippen LogP contribution in [0.1, 0.15) is 21.5 Å². The predicted molar refractivity (Wildman–Crippen MR) is 87.6 cm³/mol. The number of carbonyl (C=O) groups is 1. The van der Waals surface area contributed by atoms with E-state index in [2.05, 4.69) is 10.1 Å². The first-order chi connectivity index (χ1) is 11.5. The molecule has 0 fully saturated rings. The number of methoxy groups -OCH3 is 1. The monoisotopic (exact) mass is 328 g/mol. The lowest BCUT2D eigenvalue weighted by atomic mass is 10.1. The highest BCUT2D eigenvalue weighted by molar-refractivity contribution is 5.90. The first-order valence-electron chi connectivity index (χ1n) is 7.30. The summed E-state index contributed by atoms with van der Waals surface area (Å²) in [5.41, 5.74) is 1.64. The fourth-order valence-electron chi connectivity index (χ4n) is 2.08. The Morgan fingerprint density at radius 2 is 2.00 bits per heavy atom. The fourth-order valence-corrected chi connectivity index (χ4v) is 2.08. The number of hydrogen-bond donors (Lipinski definition) is 1. The van der Waals surface area contributed by atoms with Gasteiger partial charge in [-0.1, -0.05) is 0 Å². The second-order valence-electron chi connectivity index (χ2n) is 5.03. The van der Waals surface area contributed by atoms with Crippen LogP contribution < -0.4 is 10.1 Å². The number of halogens is 1. The second-order valence-corrected chi connectivity index (χ2v) is 5.03. The molecule has 0 unspecified atom stereocenters. The van der Waals surface area contributed by atoms with Crippen molar-refractivity contribution < 1.29 is 18.7 Å². The molecule has 0 amide bonds. The van der Waals surface area contributed by atoms with Crippen LogP contribution in [0.15, 0.2) is 36.4 Å². The van der Waals surface area contributed by atoms with Gasteiger partial charge in [-0.2, -0.15) is 5.26 Å². The minimum Gasteiger partial charge on any atom is -0.492 e. The number of esters is 1.